The molecule has 7 heteroatoms. The Morgan fingerprint density at radius 2 is 1.78 bits per heavy atom. The summed E-state index contributed by atoms with van der Waals surface area (Å²) in [7, 11) is 1.32. The van der Waals surface area contributed by atoms with Crippen LogP contribution in [0.25, 0.3) is 0 Å². The van der Waals surface area contributed by atoms with Crippen LogP contribution in [0, 0.1) is 5.41 Å². The largest absolute Gasteiger partial charge is 0.469 e. The zero-order chi connectivity index (χ0) is 17.3. The molecular weight excluding hydrogens is 302 g/mol. The van der Waals surface area contributed by atoms with E-state index in [4.69, 9.17) is 14.2 Å². The molecule has 0 radical (unpaired) electrons. The average molecular weight is 329 g/mol. The normalized spacial score (nSPS) is 27.6. The maximum atomic E-state index is 12.4. The Kier molecular flexibility index (Phi) is 4.92. The molecule has 1 N–H and O–H groups in total. The lowest BCUT2D eigenvalue weighted by atomic mass is 9.66. The molecule has 0 spiro atoms. The van der Waals surface area contributed by atoms with E-state index in [0.717, 1.165) is 0 Å². The van der Waals surface area contributed by atoms with Crippen LogP contribution in [0.4, 0.5) is 4.79 Å². The lowest BCUT2D eigenvalue weighted by molar-refractivity contribution is -0.185. The highest BCUT2D eigenvalue weighted by Gasteiger charge is 2.60. The van der Waals surface area contributed by atoms with Crippen LogP contribution in [-0.4, -0.2) is 66.7 Å². The van der Waals surface area contributed by atoms with Gasteiger partial charge in [-0.3, -0.25) is 4.79 Å². The fraction of sp³-hybridized carbons (Fsp3) is 0.875. The van der Waals surface area contributed by atoms with Gasteiger partial charge in [0.2, 0.25) is 0 Å². The first-order valence-corrected chi connectivity index (χ1v) is 8.00. The molecule has 132 valence electrons. The van der Waals surface area contributed by atoms with Gasteiger partial charge in [0.15, 0.2) is 0 Å². The molecule has 2 rings (SSSR count). The summed E-state index contributed by atoms with van der Waals surface area (Å²) in [5.74, 6) is -0.436. The number of hydrogen-bond acceptors (Lipinski definition) is 6. The first-order valence-electron chi connectivity index (χ1n) is 8.00. The smallest absolute Gasteiger partial charge is 0.410 e. The highest BCUT2D eigenvalue weighted by molar-refractivity contribution is 5.79. The fourth-order valence-corrected chi connectivity index (χ4v) is 3.44. The number of ether oxygens (including phenoxy) is 3. The summed E-state index contributed by atoms with van der Waals surface area (Å²) in [6.45, 7) is 6.58. The number of carbonyl (C=O) groups excluding carboxylic acids is 2. The molecule has 0 aromatic rings. The minimum Gasteiger partial charge on any atom is -0.469 e. The van der Waals surface area contributed by atoms with Gasteiger partial charge in [0.05, 0.1) is 13.7 Å². The fourth-order valence-electron chi connectivity index (χ4n) is 3.44. The van der Waals surface area contributed by atoms with Crippen LogP contribution in [-0.2, 0) is 19.0 Å². The molecule has 1 amide bonds. The molecule has 2 aliphatic heterocycles. The summed E-state index contributed by atoms with van der Waals surface area (Å²) in [5, 5.41) is 11.2. The van der Waals surface area contributed by atoms with Gasteiger partial charge in [-0.2, -0.15) is 0 Å². The predicted octanol–water partition coefficient (Wildman–Crippen LogP) is 1.33. The number of amides is 1. The Hall–Kier alpha value is -1.34. The van der Waals surface area contributed by atoms with Crippen molar-refractivity contribution in [3.05, 3.63) is 0 Å². The highest BCUT2D eigenvalue weighted by Crippen LogP contribution is 2.47. The first-order chi connectivity index (χ1) is 10.6. The van der Waals surface area contributed by atoms with Crippen molar-refractivity contribution in [2.45, 2.75) is 51.2 Å². The number of likely N-dealkylation sites (tertiary alicyclic amines) is 1. The molecule has 0 aliphatic carbocycles. The topological polar surface area (TPSA) is 85.3 Å². The summed E-state index contributed by atoms with van der Waals surface area (Å²) in [4.78, 5) is 26.1. The van der Waals surface area contributed by atoms with E-state index in [1.165, 1.54) is 12.0 Å². The minimum absolute atomic E-state index is 0.0665. The van der Waals surface area contributed by atoms with Crippen LogP contribution in [0.5, 0.6) is 0 Å². The van der Waals surface area contributed by atoms with E-state index in [1.807, 2.05) is 0 Å². The van der Waals surface area contributed by atoms with E-state index in [-0.39, 0.29) is 6.54 Å². The van der Waals surface area contributed by atoms with Crippen LogP contribution in [0.15, 0.2) is 0 Å². The quantitative estimate of drug-likeness (QED) is 0.769. The third-order valence-electron chi connectivity index (χ3n) is 4.71. The van der Waals surface area contributed by atoms with Crippen LogP contribution in [0.2, 0.25) is 0 Å². The maximum Gasteiger partial charge on any atom is 0.410 e. The van der Waals surface area contributed by atoms with Crippen molar-refractivity contribution in [2.24, 2.45) is 5.41 Å². The summed E-state index contributed by atoms with van der Waals surface area (Å²) in [6, 6.07) is 0. The Balaban J connectivity index is 2.18. The zero-order valence-electron chi connectivity index (χ0n) is 14.4. The van der Waals surface area contributed by atoms with Crippen LogP contribution < -0.4 is 0 Å². The molecule has 2 aliphatic rings. The number of rotatable bonds is 2. The molecule has 0 aromatic carbocycles. The average Bonchev–Trinajstić information content (AvgIpc) is 2.89. The van der Waals surface area contributed by atoms with Crippen molar-refractivity contribution in [2.75, 3.05) is 33.4 Å². The Labute approximate surface area is 136 Å². The molecule has 1 atom stereocenters. The van der Waals surface area contributed by atoms with Gasteiger partial charge in [-0.25, -0.2) is 4.79 Å². The Bertz CT molecular complexity index is 466. The molecule has 23 heavy (non-hydrogen) atoms. The Morgan fingerprint density at radius 1 is 1.17 bits per heavy atom. The lowest BCUT2D eigenvalue weighted by Crippen LogP contribution is -2.58. The molecule has 2 saturated heterocycles. The van der Waals surface area contributed by atoms with Crippen molar-refractivity contribution >= 4 is 12.1 Å². The molecule has 2 heterocycles. The number of nitrogens with zero attached hydrogens (tertiary/aromatic N) is 1. The second-order valence-corrected chi connectivity index (χ2v) is 7.37. The van der Waals surface area contributed by atoms with Crippen molar-refractivity contribution in [1.82, 2.24) is 4.90 Å². The third-order valence-corrected chi connectivity index (χ3v) is 4.71. The Morgan fingerprint density at radius 3 is 2.30 bits per heavy atom. The predicted molar refractivity (Wildman–Crippen MR) is 81.9 cm³/mol. The van der Waals surface area contributed by atoms with Crippen molar-refractivity contribution in [3.8, 4) is 0 Å². The van der Waals surface area contributed by atoms with Gasteiger partial charge in [0.25, 0.3) is 0 Å². The number of esters is 1. The second-order valence-electron chi connectivity index (χ2n) is 7.37. The molecule has 0 aromatic heterocycles. The summed E-state index contributed by atoms with van der Waals surface area (Å²) in [5.41, 5.74) is -2.95. The molecule has 2 fully saturated rings. The molecule has 7 nitrogen and oxygen atoms in total. The van der Waals surface area contributed by atoms with E-state index in [0.29, 0.717) is 39.0 Å². The summed E-state index contributed by atoms with van der Waals surface area (Å²) < 4.78 is 15.7. The number of β-amino-alcohol motifs (C(OH)–C–C–N with tert-alkyl or cyclic N) is 1. The minimum atomic E-state index is -1.32. The number of carbonyl (C=O) groups is 2. The van der Waals surface area contributed by atoms with Crippen LogP contribution in [0.1, 0.15) is 40.0 Å². The molecule has 0 bridgehead atoms. The van der Waals surface area contributed by atoms with Crippen molar-refractivity contribution < 1.29 is 28.9 Å². The standard InChI is InChI=1S/C16H27NO6/c1-14(2,3)23-13(19)17-8-5-16(20,11-17)15(12(18)21-4)6-9-22-10-7-15/h20H,5-11H2,1-4H3. The van der Waals surface area contributed by atoms with Gasteiger partial charge in [0, 0.05) is 19.8 Å². The third kappa shape index (κ3) is 3.45. The summed E-state index contributed by atoms with van der Waals surface area (Å²) in [6.07, 6.45) is 0.623. The SMILES string of the molecule is COC(=O)C1(C2(O)CCN(C(=O)OC(C)(C)C)C2)CCOCC1. The first kappa shape index (κ1) is 18.0. The maximum absolute atomic E-state index is 12.4. The van der Waals surface area contributed by atoms with Crippen LogP contribution in [0.3, 0.4) is 0 Å². The van der Waals surface area contributed by atoms with Gasteiger partial charge in [0.1, 0.15) is 16.6 Å². The van der Waals surface area contributed by atoms with Gasteiger partial charge in [-0.05, 0) is 40.0 Å². The van der Waals surface area contributed by atoms with Gasteiger partial charge in [-0.15, -0.1) is 0 Å². The van der Waals surface area contributed by atoms with Crippen molar-refractivity contribution in [3.63, 3.8) is 0 Å². The molecule has 1 unspecified atom stereocenters. The second kappa shape index (κ2) is 6.28. The highest BCUT2D eigenvalue weighted by atomic mass is 16.6. The van der Waals surface area contributed by atoms with E-state index in [1.54, 1.807) is 20.8 Å². The van der Waals surface area contributed by atoms with Gasteiger partial charge < -0.3 is 24.2 Å². The van der Waals surface area contributed by atoms with Crippen LogP contribution >= 0.6 is 0 Å². The number of aliphatic hydroxyl groups is 1. The summed E-state index contributed by atoms with van der Waals surface area (Å²) >= 11 is 0. The van der Waals surface area contributed by atoms with Gasteiger partial charge in [-0.1, -0.05) is 0 Å². The van der Waals surface area contributed by atoms with E-state index in [2.05, 4.69) is 0 Å². The number of hydrogen-bond donors (Lipinski definition) is 1. The number of methoxy groups -OCH3 is 1. The van der Waals surface area contributed by atoms with Gasteiger partial charge >= 0.3 is 12.1 Å². The van der Waals surface area contributed by atoms with Crippen molar-refractivity contribution in [1.29, 1.82) is 0 Å². The van der Waals surface area contributed by atoms with E-state index >= 15 is 0 Å². The monoisotopic (exact) mass is 329 g/mol. The molecular formula is C16H27NO6. The van der Waals surface area contributed by atoms with E-state index < -0.39 is 28.7 Å². The van der Waals surface area contributed by atoms with E-state index in [9.17, 15) is 14.7 Å². The zero-order valence-corrected chi connectivity index (χ0v) is 14.4. The molecule has 0 saturated carbocycles. The lowest BCUT2D eigenvalue weighted by Gasteiger charge is -2.44.